The van der Waals surface area contributed by atoms with E-state index in [1.807, 2.05) is 0 Å². The first-order valence-electron chi connectivity index (χ1n) is 7.63. The SMILES string of the molecule is O=C(N[C@@H](Cc1cnc2ccccc2n1)C(=O)O)c1cc(F)cc(F)c1. The van der Waals surface area contributed by atoms with Gasteiger partial charge in [-0.2, -0.15) is 0 Å². The third kappa shape index (κ3) is 3.97. The molecule has 3 aromatic rings. The summed E-state index contributed by atoms with van der Waals surface area (Å²) >= 11 is 0. The van der Waals surface area contributed by atoms with Gasteiger partial charge in [-0.3, -0.25) is 9.78 Å². The van der Waals surface area contributed by atoms with Gasteiger partial charge >= 0.3 is 5.97 Å². The lowest BCUT2D eigenvalue weighted by Crippen LogP contribution is -2.42. The standard InChI is InChI=1S/C18H13F2N3O3/c19-11-5-10(6-12(20)7-11)17(24)23-16(18(25)26)8-13-9-21-14-3-1-2-4-15(14)22-13/h1-7,9,16H,8H2,(H,23,24)(H,25,26)/t16-/m0/s1. The smallest absolute Gasteiger partial charge is 0.326 e. The van der Waals surface area contributed by atoms with Crippen LogP contribution in [-0.2, 0) is 11.2 Å². The largest absolute Gasteiger partial charge is 0.480 e. The van der Waals surface area contributed by atoms with Crippen molar-refractivity contribution in [2.24, 2.45) is 0 Å². The average Bonchev–Trinajstić information content (AvgIpc) is 2.60. The Bertz CT molecular complexity index is 974. The van der Waals surface area contributed by atoms with Crippen LogP contribution in [-0.4, -0.2) is 33.0 Å². The minimum Gasteiger partial charge on any atom is -0.480 e. The second-order valence-corrected chi connectivity index (χ2v) is 5.58. The fraction of sp³-hybridized carbons (Fsp3) is 0.111. The Balaban J connectivity index is 1.80. The van der Waals surface area contributed by atoms with Crippen LogP contribution >= 0.6 is 0 Å². The summed E-state index contributed by atoms with van der Waals surface area (Å²) in [6.07, 6.45) is 1.29. The van der Waals surface area contributed by atoms with Crippen molar-refractivity contribution >= 4 is 22.9 Å². The Kier molecular flexibility index (Phi) is 4.83. The van der Waals surface area contributed by atoms with Gasteiger partial charge in [-0.25, -0.2) is 18.6 Å². The summed E-state index contributed by atoms with van der Waals surface area (Å²) < 4.78 is 26.4. The number of nitrogens with one attached hydrogen (secondary N) is 1. The summed E-state index contributed by atoms with van der Waals surface area (Å²) in [7, 11) is 0. The van der Waals surface area contributed by atoms with Gasteiger partial charge in [-0.15, -0.1) is 0 Å². The molecule has 1 amide bonds. The van der Waals surface area contributed by atoms with Crippen molar-refractivity contribution in [3.05, 3.63) is 71.6 Å². The zero-order chi connectivity index (χ0) is 18.7. The zero-order valence-electron chi connectivity index (χ0n) is 13.3. The molecule has 8 heteroatoms. The fourth-order valence-electron chi connectivity index (χ4n) is 2.43. The number of aromatic nitrogens is 2. The Hall–Kier alpha value is -3.42. The summed E-state index contributed by atoms with van der Waals surface area (Å²) in [6, 6.07) is 8.02. The maximum absolute atomic E-state index is 13.2. The molecule has 0 unspecified atom stereocenters. The highest BCUT2D eigenvalue weighted by Crippen LogP contribution is 2.11. The van der Waals surface area contributed by atoms with Crippen molar-refractivity contribution in [2.75, 3.05) is 0 Å². The molecule has 0 saturated carbocycles. The molecule has 0 aliphatic heterocycles. The first kappa shape index (κ1) is 17.4. The van der Waals surface area contributed by atoms with Gasteiger partial charge < -0.3 is 10.4 Å². The monoisotopic (exact) mass is 357 g/mol. The highest BCUT2D eigenvalue weighted by atomic mass is 19.1. The number of nitrogens with zero attached hydrogens (tertiary/aromatic N) is 2. The van der Waals surface area contributed by atoms with E-state index < -0.39 is 29.6 Å². The van der Waals surface area contributed by atoms with Gasteiger partial charge in [-0.1, -0.05) is 12.1 Å². The lowest BCUT2D eigenvalue weighted by Gasteiger charge is -2.14. The highest BCUT2D eigenvalue weighted by Gasteiger charge is 2.22. The molecule has 0 aliphatic rings. The van der Waals surface area contributed by atoms with E-state index in [0.717, 1.165) is 12.1 Å². The van der Waals surface area contributed by atoms with Crippen LogP contribution in [0.2, 0.25) is 0 Å². The normalized spacial score (nSPS) is 11.9. The molecule has 26 heavy (non-hydrogen) atoms. The molecule has 0 fully saturated rings. The minimum absolute atomic E-state index is 0.128. The van der Waals surface area contributed by atoms with E-state index in [-0.39, 0.29) is 12.0 Å². The highest BCUT2D eigenvalue weighted by molar-refractivity contribution is 5.96. The van der Waals surface area contributed by atoms with Gasteiger partial charge in [0.15, 0.2) is 0 Å². The zero-order valence-corrected chi connectivity index (χ0v) is 13.3. The summed E-state index contributed by atoms with van der Waals surface area (Å²) in [5, 5.41) is 11.6. The lowest BCUT2D eigenvalue weighted by atomic mass is 10.1. The Morgan fingerprint density at radius 1 is 1.08 bits per heavy atom. The third-order valence-corrected chi connectivity index (χ3v) is 3.64. The molecule has 1 aromatic heterocycles. The van der Waals surface area contributed by atoms with Gasteiger partial charge in [0.2, 0.25) is 0 Å². The Morgan fingerprint density at radius 2 is 1.73 bits per heavy atom. The second-order valence-electron chi connectivity index (χ2n) is 5.58. The van der Waals surface area contributed by atoms with E-state index >= 15 is 0 Å². The summed E-state index contributed by atoms with van der Waals surface area (Å²) in [4.78, 5) is 32.1. The number of carboxylic acid groups (broad SMARTS) is 1. The number of carboxylic acids is 1. The maximum atomic E-state index is 13.2. The quantitative estimate of drug-likeness (QED) is 0.731. The van der Waals surface area contributed by atoms with Crippen LogP contribution in [0.15, 0.2) is 48.7 Å². The van der Waals surface area contributed by atoms with Crippen molar-refractivity contribution in [3.8, 4) is 0 Å². The number of carbonyl (C=O) groups excluding carboxylic acids is 1. The molecule has 0 aliphatic carbocycles. The topological polar surface area (TPSA) is 92.2 Å². The number of fused-ring (bicyclic) bond motifs is 1. The Morgan fingerprint density at radius 3 is 2.38 bits per heavy atom. The van der Waals surface area contributed by atoms with Crippen LogP contribution in [0.5, 0.6) is 0 Å². The third-order valence-electron chi connectivity index (χ3n) is 3.64. The number of benzene rings is 2. The average molecular weight is 357 g/mol. The number of halogens is 2. The lowest BCUT2D eigenvalue weighted by molar-refractivity contribution is -0.139. The molecular formula is C18H13F2N3O3. The minimum atomic E-state index is -1.33. The van der Waals surface area contributed by atoms with Gasteiger partial charge in [0.25, 0.3) is 5.91 Å². The van der Waals surface area contributed by atoms with Gasteiger partial charge in [0.05, 0.1) is 16.7 Å². The molecule has 2 N–H and O–H groups in total. The van der Waals surface area contributed by atoms with E-state index in [2.05, 4.69) is 15.3 Å². The molecule has 3 rings (SSSR count). The van der Waals surface area contributed by atoms with Crippen LogP contribution in [0.25, 0.3) is 11.0 Å². The number of hydrogen-bond donors (Lipinski definition) is 2. The number of carbonyl (C=O) groups is 2. The fourth-order valence-corrected chi connectivity index (χ4v) is 2.43. The van der Waals surface area contributed by atoms with E-state index in [1.54, 1.807) is 24.3 Å². The van der Waals surface area contributed by atoms with Crippen LogP contribution in [0.3, 0.4) is 0 Å². The number of para-hydroxylation sites is 2. The first-order chi connectivity index (χ1) is 12.4. The van der Waals surface area contributed by atoms with Gasteiger partial charge in [0, 0.05) is 24.2 Å². The maximum Gasteiger partial charge on any atom is 0.326 e. The van der Waals surface area contributed by atoms with E-state index in [1.165, 1.54) is 6.20 Å². The summed E-state index contributed by atoms with van der Waals surface area (Å²) in [6.45, 7) is 0. The van der Waals surface area contributed by atoms with Crippen LogP contribution in [0.1, 0.15) is 16.1 Å². The predicted octanol–water partition coefficient (Wildman–Crippen LogP) is 2.33. The number of rotatable bonds is 5. The van der Waals surface area contributed by atoms with Crippen molar-refractivity contribution in [2.45, 2.75) is 12.5 Å². The molecule has 0 saturated heterocycles. The molecule has 6 nitrogen and oxygen atoms in total. The number of hydrogen-bond acceptors (Lipinski definition) is 4. The number of aliphatic carboxylic acids is 1. The molecule has 2 aromatic carbocycles. The van der Waals surface area contributed by atoms with E-state index in [4.69, 9.17) is 0 Å². The molecule has 0 radical (unpaired) electrons. The molecule has 0 spiro atoms. The number of amides is 1. The van der Waals surface area contributed by atoms with E-state index in [0.29, 0.717) is 22.8 Å². The van der Waals surface area contributed by atoms with Crippen molar-refractivity contribution in [1.82, 2.24) is 15.3 Å². The van der Waals surface area contributed by atoms with Gasteiger partial charge in [-0.05, 0) is 24.3 Å². The molecule has 0 bridgehead atoms. The summed E-state index contributed by atoms with van der Waals surface area (Å²) in [5.41, 5.74) is 1.30. The molecule has 1 atom stereocenters. The van der Waals surface area contributed by atoms with Crippen molar-refractivity contribution < 1.29 is 23.5 Å². The van der Waals surface area contributed by atoms with Crippen molar-refractivity contribution in [3.63, 3.8) is 0 Å². The predicted molar refractivity (Wildman–Crippen MR) is 88.5 cm³/mol. The first-order valence-corrected chi connectivity index (χ1v) is 7.63. The molecule has 132 valence electrons. The van der Waals surface area contributed by atoms with Crippen LogP contribution < -0.4 is 5.32 Å². The summed E-state index contributed by atoms with van der Waals surface area (Å²) in [5.74, 6) is -4.06. The Labute approximate surface area is 146 Å². The van der Waals surface area contributed by atoms with Gasteiger partial charge in [0.1, 0.15) is 17.7 Å². The van der Waals surface area contributed by atoms with Crippen LogP contribution in [0.4, 0.5) is 8.78 Å². The molecule has 1 heterocycles. The van der Waals surface area contributed by atoms with E-state index in [9.17, 15) is 23.5 Å². The van der Waals surface area contributed by atoms with Crippen LogP contribution in [0, 0.1) is 11.6 Å². The second kappa shape index (κ2) is 7.22. The molecular weight excluding hydrogens is 344 g/mol. The van der Waals surface area contributed by atoms with Crippen molar-refractivity contribution in [1.29, 1.82) is 0 Å².